The summed E-state index contributed by atoms with van der Waals surface area (Å²) in [5.41, 5.74) is 2.80. The summed E-state index contributed by atoms with van der Waals surface area (Å²) in [6, 6.07) is 12.5. The van der Waals surface area contributed by atoms with E-state index in [4.69, 9.17) is 9.47 Å². The highest BCUT2D eigenvalue weighted by atomic mass is 16.6. The topological polar surface area (TPSA) is 81.7 Å². The van der Waals surface area contributed by atoms with Crippen LogP contribution in [0.1, 0.15) is 48.2 Å². The Morgan fingerprint density at radius 2 is 1.75 bits per heavy atom. The number of amides is 1. The molecule has 0 saturated heterocycles. The fraction of sp³-hybridized carbons (Fsp3) is 0.318. The Balaban J connectivity index is 1.87. The highest BCUT2D eigenvalue weighted by Gasteiger charge is 2.14. The van der Waals surface area contributed by atoms with Crippen LogP contribution in [0.2, 0.25) is 0 Å². The van der Waals surface area contributed by atoms with Crippen molar-refractivity contribution < 1.29 is 23.9 Å². The minimum atomic E-state index is -0.647. The molecule has 0 heterocycles. The van der Waals surface area contributed by atoms with Crippen molar-refractivity contribution in [2.75, 3.05) is 18.5 Å². The second-order valence-electron chi connectivity index (χ2n) is 6.80. The van der Waals surface area contributed by atoms with Gasteiger partial charge >= 0.3 is 5.97 Å². The molecule has 0 fully saturated rings. The fourth-order valence-electron chi connectivity index (χ4n) is 2.65. The third-order valence-corrected chi connectivity index (χ3v) is 4.08. The molecule has 0 saturated carbocycles. The number of para-hydroxylation sites is 1. The number of Topliss-reactive ketones (excluding diaryl/α,β-unsaturated/α-hetero) is 1. The normalized spacial score (nSPS) is 10.5. The molecule has 2 rings (SSSR count). The molecular formula is C22H25NO5. The molecule has 0 bridgehead atoms. The SMILES string of the molecule is CC(=O)c1ccccc1NC(=O)COC(=O)COc1cc(C)ccc1C(C)C. The van der Waals surface area contributed by atoms with Crippen LogP contribution >= 0.6 is 0 Å². The van der Waals surface area contributed by atoms with Crippen molar-refractivity contribution in [3.05, 3.63) is 59.2 Å². The minimum absolute atomic E-state index is 0.166. The molecule has 2 aromatic rings. The van der Waals surface area contributed by atoms with Crippen LogP contribution in [0, 0.1) is 6.92 Å². The Hall–Kier alpha value is -3.15. The molecule has 0 aromatic heterocycles. The highest BCUT2D eigenvalue weighted by Crippen LogP contribution is 2.27. The molecule has 6 heteroatoms. The van der Waals surface area contributed by atoms with Crippen LogP contribution in [0.4, 0.5) is 5.69 Å². The first-order chi connectivity index (χ1) is 13.3. The second-order valence-corrected chi connectivity index (χ2v) is 6.80. The molecule has 1 N–H and O–H groups in total. The van der Waals surface area contributed by atoms with E-state index in [1.807, 2.05) is 39.0 Å². The molecular weight excluding hydrogens is 358 g/mol. The van der Waals surface area contributed by atoms with Crippen LogP contribution in [0.25, 0.3) is 0 Å². The van der Waals surface area contributed by atoms with E-state index >= 15 is 0 Å². The molecule has 1 amide bonds. The molecule has 148 valence electrons. The van der Waals surface area contributed by atoms with Gasteiger partial charge in [0, 0.05) is 5.56 Å². The fourth-order valence-corrected chi connectivity index (χ4v) is 2.65. The van der Waals surface area contributed by atoms with E-state index in [2.05, 4.69) is 5.32 Å². The van der Waals surface area contributed by atoms with Crippen LogP contribution in [-0.2, 0) is 14.3 Å². The van der Waals surface area contributed by atoms with Gasteiger partial charge in [-0.15, -0.1) is 0 Å². The quantitative estimate of drug-likeness (QED) is 0.553. The predicted octanol–water partition coefficient (Wildman–Crippen LogP) is 3.88. The van der Waals surface area contributed by atoms with Crippen molar-refractivity contribution in [1.29, 1.82) is 0 Å². The highest BCUT2D eigenvalue weighted by molar-refractivity contribution is 6.04. The second kappa shape index (κ2) is 9.69. The summed E-state index contributed by atoms with van der Waals surface area (Å²) < 4.78 is 10.6. The molecule has 0 aliphatic rings. The molecule has 28 heavy (non-hydrogen) atoms. The molecule has 0 unspecified atom stereocenters. The summed E-state index contributed by atoms with van der Waals surface area (Å²) in [5.74, 6) is -0.461. The van der Waals surface area contributed by atoms with E-state index in [1.165, 1.54) is 6.92 Å². The average molecular weight is 383 g/mol. The Morgan fingerprint density at radius 3 is 2.43 bits per heavy atom. The average Bonchev–Trinajstić information content (AvgIpc) is 2.64. The predicted molar refractivity (Wildman–Crippen MR) is 107 cm³/mol. The Labute approximate surface area is 164 Å². The largest absolute Gasteiger partial charge is 0.482 e. The van der Waals surface area contributed by atoms with Gasteiger partial charge in [-0.05, 0) is 49.1 Å². The van der Waals surface area contributed by atoms with Crippen molar-refractivity contribution in [2.45, 2.75) is 33.6 Å². The maximum Gasteiger partial charge on any atom is 0.344 e. The van der Waals surface area contributed by atoms with Crippen molar-refractivity contribution in [3.63, 3.8) is 0 Å². The molecule has 0 radical (unpaired) electrons. The lowest BCUT2D eigenvalue weighted by Crippen LogP contribution is -2.24. The van der Waals surface area contributed by atoms with Gasteiger partial charge in [0.05, 0.1) is 5.69 Å². The number of ether oxygens (including phenoxy) is 2. The Bertz CT molecular complexity index is 873. The first-order valence-corrected chi connectivity index (χ1v) is 9.06. The van der Waals surface area contributed by atoms with E-state index in [0.717, 1.165) is 11.1 Å². The van der Waals surface area contributed by atoms with E-state index in [0.29, 0.717) is 17.0 Å². The molecule has 0 aliphatic heterocycles. The molecule has 0 aliphatic carbocycles. The Morgan fingerprint density at radius 1 is 1.04 bits per heavy atom. The summed E-state index contributed by atoms with van der Waals surface area (Å²) in [6.45, 7) is 6.69. The third-order valence-electron chi connectivity index (χ3n) is 4.08. The number of ketones is 1. The monoisotopic (exact) mass is 383 g/mol. The van der Waals surface area contributed by atoms with Crippen molar-refractivity contribution in [3.8, 4) is 5.75 Å². The van der Waals surface area contributed by atoms with Crippen LogP contribution in [0.3, 0.4) is 0 Å². The lowest BCUT2D eigenvalue weighted by Gasteiger charge is -2.14. The summed E-state index contributed by atoms with van der Waals surface area (Å²) in [4.78, 5) is 35.5. The van der Waals surface area contributed by atoms with E-state index in [9.17, 15) is 14.4 Å². The van der Waals surface area contributed by atoms with E-state index < -0.39 is 18.5 Å². The first kappa shape index (κ1) is 21.2. The zero-order chi connectivity index (χ0) is 20.7. The number of nitrogens with one attached hydrogen (secondary N) is 1. The number of anilines is 1. The van der Waals surface area contributed by atoms with Gasteiger partial charge in [0.1, 0.15) is 5.75 Å². The van der Waals surface area contributed by atoms with E-state index in [-0.39, 0.29) is 18.3 Å². The Kier molecular flexibility index (Phi) is 7.32. The van der Waals surface area contributed by atoms with Crippen molar-refractivity contribution in [1.82, 2.24) is 0 Å². The van der Waals surface area contributed by atoms with Gasteiger partial charge < -0.3 is 14.8 Å². The van der Waals surface area contributed by atoms with Crippen LogP contribution < -0.4 is 10.1 Å². The zero-order valence-electron chi connectivity index (χ0n) is 16.6. The summed E-state index contributed by atoms with van der Waals surface area (Å²) >= 11 is 0. The number of aryl methyl sites for hydroxylation is 1. The minimum Gasteiger partial charge on any atom is -0.482 e. The van der Waals surface area contributed by atoms with Gasteiger partial charge in [-0.3, -0.25) is 9.59 Å². The van der Waals surface area contributed by atoms with Crippen molar-refractivity contribution >= 4 is 23.3 Å². The van der Waals surface area contributed by atoms with Gasteiger partial charge in [0.15, 0.2) is 19.0 Å². The van der Waals surface area contributed by atoms with Crippen LogP contribution in [-0.4, -0.2) is 30.9 Å². The van der Waals surface area contributed by atoms with Gasteiger partial charge in [0.2, 0.25) is 0 Å². The van der Waals surface area contributed by atoms with Gasteiger partial charge in [0.25, 0.3) is 5.91 Å². The number of hydrogen-bond acceptors (Lipinski definition) is 5. The first-order valence-electron chi connectivity index (χ1n) is 9.06. The van der Waals surface area contributed by atoms with E-state index in [1.54, 1.807) is 24.3 Å². The number of esters is 1. The molecule has 2 aromatic carbocycles. The summed E-state index contributed by atoms with van der Waals surface area (Å²) in [7, 11) is 0. The number of benzene rings is 2. The lowest BCUT2D eigenvalue weighted by atomic mass is 10.0. The summed E-state index contributed by atoms with van der Waals surface area (Å²) in [6.07, 6.45) is 0. The number of rotatable bonds is 8. The number of carbonyl (C=O) groups is 3. The molecule has 6 nitrogen and oxygen atoms in total. The maximum absolute atomic E-state index is 12.0. The standard InChI is InChI=1S/C22H25NO5/c1-14(2)17-10-9-15(3)11-20(17)27-13-22(26)28-12-21(25)23-19-8-6-5-7-18(19)16(4)24/h5-11,14H,12-13H2,1-4H3,(H,23,25). The van der Waals surface area contributed by atoms with Gasteiger partial charge in [-0.25, -0.2) is 4.79 Å². The zero-order valence-corrected chi connectivity index (χ0v) is 16.6. The maximum atomic E-state index is 12.0. The van der Waals surface area contributed by atoms with Crippen LogP contribution in [0.15, 0.2) is 42.5 Å². The molecule has 0 spiro atoms. The number of carbonyl (C=O) groups excluding carboxylic acids is 3. The smallest absolute Gasteiger partial charge is 0.344 e. The molecule has 0 atom stereocenters. The number of hydrogen-bond donors (Lipinski definition) is 1. The summed E-state index contributed by atoms with van der Waals surface area (Å²) in [5, 5.41) is 2.57. The lowest BCUT2D eigenvalue weighted by molar-refractivity contribution is -0.149. The third kappa shape index (κ3) is 5.94. The van der Waals surface area contributed by atoms with Crippen LogP contribution in [0.5, 0.6) is 5.75 Å². The van der Waals surface area contributed by atoms with Gasteiger partial charge in [-0.2, -0.15) is 0 Å². The van der Waals surface area contributed by atoms with Crippen molar-refractivity contribution in [2.24, 2.45) is 0 Å². The van der Waals surface area contributed by atoms with Gasteiger partial charge in [-0.1, -0.05) is 38.1 Å².